The Kier molecular flexibility index (Phi) is 5.54. The normalized spacial score (nSPS) is 17.8. The number of aryl methyl sites for hydroxylation is 1. The molecule has 0 saturated carbocycles. The monoisotopic (exact) mass is 438 g/mol. The van der Waals surface area contributed by atoms with Gasteiger partial charge in [-0.2, -0.15) is 9.40 Å². The smallest absolute Gasteiger partial charge is 0.257 e. The molecule has 2 aliphatic rings. The molecule has 1 aromatic carbocycles. The van der Waals surface area contributed by atoms with Crippen LogP contribution in [0.25, 0.3) is 0 Å². The third kappa shape index (κ3) is 3.74. The molecule has 8 nitrogen and oxygen atoms in total. The van der Waals surface area contributed by atoms with E-state index in [0.29, 0.717) is 23.7 Å². The second-order valence-corrected chi connectivity index (χ2v) is 9.52. The topological polar surface area (TPSA) is 84.7 Å². The van der Waals surface area contributed by atoms with Crippen molar-refractivity contribution < 1.29 is 17.9 Å². The maximum atomic E-state index is 13.1. The molecule has 0 bridgehead atoms. The number of methoxy groups -OCH3 is 1. The van der Waals surface area contributed by atoms with E-state index in [1.165, 1.54) is 23.5 Å². The highest BCUT2D eigenvalue weighted by molar-refractivity contribution is 7.89. The Morgan fingerprint density at radius 2 is 1.90 bits per heavy atom. The summed E-state index contributed by atoms with van der Waals surface area (Å²) >= 11 is 6.00. The molecule has 1 aromatic heterocycles. The molecule has 0 atom stereocenters. The Balaban J connectivity index is 1.49. The number of carbonyl (C=O) groups is 1. The summed E-state index contributed by atoms with van der Waals surface area (Å²) < 4.78 is 34.7. The van der Waals surface area contributed by atoms with Gasteiger partial charge in [-0.3, -0.25) is 9.48 Å². The summed E-state index contributed by atoms with van der Waals surface area (Å²) in [6, 6.07) is 4.52. The number of carbonyl (C=O) groups excluding carboxylic acids is 1. The van der Waals surface area contributed by atoms with Crippen LogP contribution in [0.2, 0.25) is 5.02 Å². The van der Waals surface area contributed by atoms with Crippen molar-refractivity contribution in [1.82, 2.24) is 19.0 Å². The molecule has 10 heteroatoms. The van der Waals surface area contributed by atoms with Gasteiger partial charge in [0.25, 0.3) is 5.91 Å². The van der Waals surface area contributed by atoms with Crippen LogP contribution >= 0.6 is 11.6 Å². The minimum Gasteiger partial charge on any atom is -0.495 e. The number of fused-ring (bicyclic) bond motifs is 1. The number of aromatic nitrogens is 2. The zero-order valence-electron chi connectivity index (χ0n) is 16.2. The first-order valence-corrected chi connectivity index (χ1v) is 11.4. The van der Waals surface area contributed by atoms with E-state index in [9.17, 15) is 13.2 Å². The molecule has 156 valence electrons. The van der Waals surface area contributed by atoms with Crippen LogP contribution in [0.15, 0.2) is 29.3 Å². The largest absolute Gasteiger partial charge is 0.495 e. The first-order chi connectivity index (χ1) is 13.9. The number of sulfonamides is 1. The van der Waals surface area contributed by atoms with E-state index >= 15 is 0 Å². The van der Waals surface area contributed by atoms with Gasteiger partial charge >= 0.3 is 0 Å². The second kappa shape index (κ2) is 7.97. The maximum Gasteiger partial charge on any atom is 0.257 e. The number of hydrogen-bond acceptors (Lipinski definition) is 5. The molecule has 2 aromatic rings. The Hall–Kier alpha value is -2.10. The minimum atomic E-state index is -3.78. The number of halogens is 1. The van der Waals surface area contributed by atoms with E-state index in [2.05, 4.69) is 5.10 Å². The van der Waals surface area contributed by atoms with Gasteiger partial charge in [-0.25, -0.2) is 8.42 Å². The third-order valence-corrected chi connectivity index (χ3v) is 7.64. The van der Waals surface area contributed by atoms with Gasteiger partial charge in [0.05, 0.1) is 24.6 Å². The van der Waals surface area contributed by atoms with Crippen molar-refractivity contribution in [2.24, 2.45) is 0 Å². The predicted molar refractivity (Wildman–Crippen MR) is 108 cm³/mol. The van der Waals surface area contributed by atoms with Crippen molar-refractivity contribution in [2.75, 3.05) is 33.3 Å². The predicted octanol–water partition coefficient (Wildman–Crippen LogP) is 2.03. The molecule has 1 amide bonds. The summed E-state index contributed by atoms with van der Waals surface area (Å²) in [4.78, 5) is 14.7. The lowest BCUT2D eigenvalue weighted by atomic mass is 10.1. The van der Waals surface area contributed by atoms with Gasteiger partial charge in [0.1, 0.15) is 10.6 Å². The number of ether oxygens (including phenoxy) is 1. The number of hydrogen-bond donors (Lipinski definition) is 0. The highest BCUT2D eigenvalue weighted by Gasteiger charge is 2.33. The van der Waals surface area contributed by atoms with Gasteiger partial charge in [0, 0.05) is 37.7 Å². The van der Waals surface area contributed by atoms with Crippen molar-refractivity contribution >= 4 is 27.5 Å². The second-order valence-electron chi connectivity index (χ2n) is 7.18. The van der Waals surface area contributed by atoms with E-state index < -0.39 is 10.0 Å². The number of amides is 1. The molecule has 4 rings (SSSR count). The molecule has 0 spiro atoms. The lowest BCUT2D eigenvalue weighted by Crippen LogP contribution is -2.50. The molecule has 0 aliphatic carbocycles. The molecule has 1 saturated heterocycles. The number of benzene rings is 1. The zero-order chi connectivity index (χ0) is 20.6. The van der Waals surface area contributed by atoms with Crippen molar-refractivity contribution in [3.05, 3.63) is 40.7 Å². The standard InChI is InChI=1S/C19H23ClN4O4S/c1-28-17-6-5-14(20)12-18(17)29(26,27)23-10-8-22(9-11-23)19(25)15-13-21-24-7-3-2-4-16(15)24/h5-6,12-13H,2-4,7-11H2,1H3. The van der Waals surface area contributed by atoms with Gasteiger partial charge in [-0.15, -0.1) is 0 Å². The molecular weight excluding hydrogens is 416 g/mol. The van der Waals surface area contributed by atoms with Gasteiger partial charge in [0.2, 0.25) is 10.0 Å². The van der Waals surface area contributed by atoms with Crippen molar-refractivity contribution in [1.29, 1.82) is 0 Å². The Labute approximate surface area is 175 Å². The molecule has 1 fully saturated rings. The average molecular weight is 439 g/mol. The van der Waals surface area contributed by atoms with E-state index in [-0.39, 0.29) is 29.6 Å². The highest BCUT2D eigenvalue weighted by atomic mass is 35.5. The number of rotatable bonds is 4. The van der Waals surface area contributed by atoms with E-state index in [1.54, 1.807) is 17.2 Å². The Morgan fingerprint density at radius 1 is 1.14 bits per heavy atom. The summed E-state index contributed by atoms with van der Waals surface area (Å²) in [6.07, 6.45) is 4.62. The number of piperazine rings is 1. The molecule has 2 aliphatic heterocycles. The van der Waals surface area contributed by atoms with E-state index in [0.717, 1.165) is 31.5 Å². The lowest BCUT2D eigenvalue weighted by Gasteiger charge is -2.34. The highest BCUT2D eigenvalue weighted by Crippen LogP contribution is 2.30. The Bertz CT molecular complexity index is 1030. The van der Waals surface area contributed by atoms with Crippen LogP contribution in [-0.4, -0.2) is 66.6 Å². The van der Waals surface area contributed by atoms with E-state index in [4.69, 9.17) is 16.3 Å². The summed E-state index contributed by atoms with van der Waals surface area (Å²) in [5.74, 6) is 0.171. The van der Waals surface area contributed by atoms with Gasteiger partial charge in [-0.1, -0.05) is 11.6 Å². The third-order valence-electron chi connectivity index (χ3n) is 5.48. The van der Waals surface area contributed by atoms with Crippen molar-refractivity contribution in [2.45, 2.75) is 30.7 Å². The van der Waals surface area contributed by atoms with Gasteiger partial charge in [0.15, 0.2) is 0 Å². The minimum absolute atomic E-state index is 0.0398. The maximum absolute atomic E-state index is 13.1. The molecule has 0 unspecified atom stereocenters. The molecule has 3 heterocycles. The van der Waals surface area contributed by atoms with E-state index in [1.807, 2.05) is 4.68 Å². The molecule has 0 N–H and O–H groups in total. The van der Waals surface area contributed by atoms with Crippen LogP contribution in [0.5, 0.6) is 5.75 Å². The fraction of sp³-hybridized carbons (Fsp3) is 0.474. The first-order valence-electron chi connectivity index (χ1n) is 9.59. The molecule has 0 radical (unpaired) electrons. The number of nitrogens with zero attached hydrogens (tertiary/aromatic N) is 4. The summed E-state index contributed by atoms with van der Waals surface area (Å²) in [5.41, 5.74) is 1.62. The van der Waals surface area contributed by atoms with Gasteiger partial charge < -0.3 is 9.64 Å². The van der Waals surface area contributed by atoms with Crippen LogP contribution in [0.1, 0.15) is 28.9 Å². The molecule has 29 heavy (non-hydrogen) atoms. The van der Waals surface area contributed by atoms with Crippen LogP contribution in [0.3, 0.4) is 0 Å². The lowest BCUT2D eigenvalue weighted by molar-refractivity contribution is 0.0696. The summed E-state index contributed by atoms with van der Waals surface area (Å²) in [6.45, 7) is 1.92. The first kappa shape index (κ1) is 20.2. The van der Waals surface area contributed by atoms with Gasteiger partial charge in [-0.05, 0) is 37.5 Å². The quantitative estimate of drug-likeness (QED) is 0.729. The van der Waals surface area contributed by atoms with Crippen molar-refractivity contribution in [3.8, 4) is 5.75 Å². The van der Waals surface area contributed by atoms with Crippen LogP contribution in [0, 0.1) is 0 Å². The fourth-order valence-corrected chi connectivity index (χ4v) is 5.73. The van der Waals surface area contributed by atoms with Crippen LogP contribution in [0.4, 0.5) is 0 Å². The van der Waals surface area contributed by atoms with Crippen molar-refractivity contribution in [3.63, 3.8) is 0 Å². The fourth-order valence-electron chi connectivity index (χ4n) is 3.89. The Morgan fingerprint density at radius 3 is 2.62 bits per heavy atom. The molecular formula is C19H23ClN4O4S. The van der Waals surface area contributed by atoms with Crippen LogP contribution in [-0.2, 0) is 23.0 Å². The SMILES string of the molecule is COc1ccc(Cl)cc1S(=O)(=O)N1CCN(C(=O)c2cnn3c2CCCC3)CC1. The zero-order valence-corrected chi connectivity index (χ0v) is 17.7. The van der Waals surface area contributed by atoms with Crippen LogP contribution < -0.4 is 4.74 Å². The summed E-state index contributed by atoms with van der Waals surface area (Å²) in [5, 5.41) is 4.65. The average Bonchev–Trinajstić information content (AvgIpc) is 3.17. The summed E-state index contributed by atoms with van der Waals surface area (Å²) in [7, 11) is -2.35.